The number of hydrogen-bond donors (Lipinski definition) is 0. The summed E-state index contributed by atoms with van der Waals surface area (Å²) in [6, 6.07) is 17.5. The van der Waals surface area contributed by atoms with Crippen molar-refractivity contribution in [2.75, 3.05) is 4.90 Å². The monoisotopic (exact) mass is 319 g/mol. The molecule has 2 heterocycles. The largest absolute Gasteiger partial charge is 0.464 e. The average Bonchev–Trinajstić information content (AvgIpc) is 2.95. The number of para-hydroxylation sites is 2. The van der Waals surface area contributed by atoms with Crippen LogP contribution in [-0.2, 0) is 9.59 Å². The van der Waals surface area contributed by atoms with Crippen molar-refractivity contribution in [2.45, 2.75) is 0 Å². The van der Waals surface area contributed by atoms with Crippen LogP contribution in [0.5, 0.6) is 0 Å². The molecule has 0 saturated carbocycles. The van der Waals surface area contributed by atoms with Crippen molar-refractivity contribution in [3.05, 3.63) is 89.3 Å². The Morgan fingerprint density at radius 3 is 2.00 bits per heavy atom. The van der Waals surface area contributed by atoms with E-state index in [1.54, 1.807) is 36.4 Å². The van der Waals surface area contributed by atoms with E-state index in [4.69, 9.17) is 4.42 Å². The molecule has 1 aromatic heterocycles. The number of rotatable bonds is 1. The van der Waals surface area contributed by atoms with Gasteiger partial charge >= 0.3 is 0 Å². The molecule has 0 saturated heterocycles. The van der Waals surface area contributed by atoms with Gasteiger partial charge in [-0.2, -0.15) is 0 Å². The first kappa shape index (κ1) is 15.4. The molecule has 0 aliphatic carbocycles. The smallest absolute Gasteiger partial charge is 0.258 e. The first-order valence-electron chi connectivity index (χ1n) is 7.24. The van der Waals surface area contributed by atoms with E-state index in [9.17, 15) is 14.4 Å². The van der Waals surface area contributed by atoms with Crippen molar-refractivity contribution in [2.24, 2.45) is 0 Å². The molecule has 0 spiro atoms. The molecule has 5 nitrogen and oxygen atoms in total. The summed E-state index contributed by atoms with van der Waals surface area (Å²) in [5.74, 6) is -0.563. The third-order valence-corrected chi connectivity index (χ3v) is 3.39. The number of hydrogen-bond acceptors (Lipinski definition) is 4. The molecule has 0 N–H and O–H groups in total. The van der Waals surface area contributed by atoms with Gasteiger partial charge < -0.3 is 4.42 Å². The van der Waals surface area contributed by atoms with Crippen molar-refractivity contribution in [1.29, 1.82) is 0 Å². The van der Waals surface area contributed by atoms with Crippen LogP contribution < -0.4 is 10.3 Å². The molecule has 24 heavy (non-hydrogen) atoms. The Labute approximate surface area is 137 Å². The van der Waals surface area contributed by atoms with Crippen molar-refractivity contribution >= 4 is 28.5 Å². The Balaban J connectivity index is 0.000000143. The summed E-state index contributed by atoms with van der Waals surface area (Å²) in [7, 11) is 0. The summed E-state index contributed by atoms with van der Waals surface area (Å²) in [5.41, 5.74) is 1.26. The van der Waals surface area contributed by atoms with Crippen LogP contribution in [0.25, 0.3) is 11.0 Å². The SMILES string of the molecule is O=C1C=CC(=O)N1c1ccccc1.O=c1ccoc2ccccc12. The predicted molar refractivity (Wildman–Crippen MR) is 90.6 cm³/mol. The second kappa shape index (κ2) is 6.75. The molecule has 1 aliphatic heterocycles. The van der Waals surface area contributed by atoms with Gasteiger partial charge in [0.1, 0.15) is 5.58 Å². The third-order valence-electron chi connectivity index (χ3n) is 3.39. The zero-order chi connectivity index (χ0) is 16.9. The molecule has 0 unspecified atom stereocenters. The Morgan fingerprint density at radius 2 is 1.33 bits per heavy atom. The standard InChI is InChI=1S/C10H7NO2.C9H6O2/c12-9-6-7-10(13)11(9)8-4-2-1-3-5-8;10-8-5-6-11-9-4-2-1-3-7(8)9/h1-7H;1-6H. The lowest BCUT2D eigenvalue weighted by atomic mass is 10.2. The average molecular weight is 319 g/mol. The summed E-state index contributed by atoms with van der Waals surface area (Å²) < 4.78 is 5.09. The number of imide groups is 1. The maximum Gasteiger partial charge on any atom is 0.258 e. The minimum atomic E-state index is -0.281. The fourth-order valence-corrected chi connectivity index (χ4v) is 2.26. The molecule has 1 aliphatic rings. The molecule has 5 heteroatoms. The van der Waals surface area contributed by atoms with Crippen LogP contribution in [0.1, 0.15) is 0 Å². The zero-order valence-electron chi connectivity index (χ0n) is 12.6. The van der Waals surface area contributed by atoms with Gasteiger partial charge in [0.2, 0.25) is 0 Å². The molecule has 0 radical (unpaired) electrons. The number of fused-ring (bicyclic) bond motifs is 1. The summed E-state index contributed by atoms with van der Waals surface area (Å²) >= 11 is 0. The third kappa shape index (κ3) is 3.15. The van der Waals surface area contributed by atoms with E-state index < -0.39 is 0 Å². The van der Waals surface area contributed by atoms with Gasteiger partial charge in [-0.25, -0.2) is 4.90 Å². The molecule has 0 atom stereocenters. The molecule has 2 amide bonds. The van der Waals surface area contributed by atoms with Gasteiger partial charge in [-0.15, -0.1) is 0 Å². The van der Waals surface area contributed by atoms with E-state index in [1.165, 1.54) is 24.5 Å². The van der Waals surface area contributed by atoms with Crippen LogP contribution >= 0.6 is 0 Å². The molecule has 4 rings (SSSR count). The number of anilines is 1. The van der Waals surface area contributed by atoms with Gasteiger partial charge in [-0.05, 0) is 24.3 Å². The zero-order valence-corrected chi connectivity index (χ0v) is 12.6. The Hall–Kier alpha value is -3.47. The molecule has 118 valence electrons. The maximum atomic E-state index is 11.2. The molecular weight excluding hydrogens is 306 g/mol. The van der Waals surface area contributed by atoms with Gasteiger partial charge in [0, 0.05) is 18.2 Å². The molecule has 0 bridgehead atoms. The topological polar surface area (TPSA) is 67.6 Å². The number of nitrogens with zero attached hydrogens (tertiary/aromatic N) is 1. The lowest BCUT2D eigenvalue weighted by Gasteiger charge is -2.12. The number of carbonyl (C=O) groups is 2. The van der Waals surface area contributed by atoms with Crippen LogP contribution in [0.3, 0.4) is 0 Å². The molecule has 0 fully saturated rings. The van der Waals surface area contributed by atoms with Gasteiger partial charge in [-0.1, -0.05) is 30.3 Å². The highest BCUT2D eigenvalue weighted by Crippen LogP contribution is 2.17. The lowest BCUT2D eigenvalue weighted by Crippen LogP contribution is -2.29. The van der Waals surface area contributed by atoms with Crippen LogP contribution in [0.2, 0.25) is 0 Å². The minimum Gasteiger partial charge on any atom is -0.464 e. The van der Waals surface area contributed by atoms with Gasteiger partial charge in [-0.3, -0.25) is 14.4 Å². The Kier molecular flexibility index (Phi) is 4.34. The molecular formula is C19H13NO4. The summed E-state index contributed by atoms with van der Waals surface area (Å²) in [6.45, 7) is 0. The van der Waals surface area contributed by atoms with Crippen LogP contribution in [-0.4, -0.2) is 11.8 Å². The summed E-state index contributed by atoms with van der Waals surface area (Å²) in [4.78, 5) is 34.7. The van der Waals surface area contributed by atoms with Gasteiger partial charge in [0.05, 0.1) is 17.3 Å². The second-order valence-corrected chi connectivity index (χ2v) is 4.96. The van der Waals surface area contributed by atoms with Crippen LogP contribution in [0.4, 0.5) is 5.69 Å². The first-order chi connectivity index (χ1) is 11.7. The van der Waals surface area contributed by atoms with Crippen LogP contribution in [0.15, 0.2) is 88.3 Å². The number of amides is 2. The van der Waals surface area contributed by atoms with Crippen molar-refractivity contribution in [3.63, 3.8) is 0 Å². The predicted octanol–water partition coefficient (Wildman–Crippen LogP) is 2.91. The second-order valence-electron chi connectivity index (χ2n) is 4.96. The molecule has 3 aromatic rings. The van der Waals surface area contributed by atoms with E-state index in [-0.39, 0.29) is 17.2 Å². The fraction of sp³-hybridized carbons (Fsp3) is 0. The highest BCUT2D eigenvalue weighted by molar-refractivity contribution is 6.28. The number of benzene rings is 2. The Morgan fingerprint density at radius 1 is 0.708 bits per heavy atom. The normalized spacial score (nSPS) is 13.1. The van der Waals surface area contributed by atoms with Crippen molar-refractivity contribution in [3.8, 4) is 0 Å². The quantitative estimate of drug-likeness (QED) is 0.647. The maximum absolute atomic E-state index is 11.2. The lowest BCUT2D eigenvalue weighted by molar-refractivity contribution is -0.119. The number of carbonyl (C=O) groups excluding carboxylic acids is 2. The summed E-state index contributed by atoms with van der Waals surface area (Å²) in [5, 5.41) is 0.634. The van der Waals surface area contributed by atoms with Crippen molar-refractivity contribution < 1.29 is 14.0 Å². The highest BCUT2D eigenvalue weighted by Gasteiger charge is 2.24. The van der Waals surface area contributed by atoms with E-state index in [0.717, 1.165) is 4.90 Å². The summed E-state index contributed by atoms with van der Waals surface area (Å²) in [6.07, 6.45) is 3.95. The van der Waals surface area contributed by atoms with Gasteiger partial charge in [0.25, 0.3) is 11.8 Å². The van der Waals surface area contributed by atoms with Gasteiger partial charge in [0.15, 0.2) is 5.43 Å². The van der Waals surface area contributed by atoms with E-state index in [2.05, 4.69) is 0 Å². The first-order valence-corrected chi connectivity index (χ1v) is 7.24. The van der Waals surface area contributed by atoms with E-state index in [0.29, 0.717) is 16.7 Å². The Bertz CT molecular complexity index is 950. The van der Waals surface area contributed by atoms with E-state index in [1.807, 2.05) is 18.2 Å². The fourth-order valence-electron chi connectivity index (χ4n) is 2.26. The minimum absolute atomic E-state index is 0.00634. The van der Waals surface area contributed by atoms with Crippen molar-refractivity contribution in [1.82, 2.24) is 0 Å². The van der Waals surface area contributed by atoms with Crippen LogP contribution in [0, 0.1) is 0 Å². The molecule has 2 aromatic carbocycles. The highest BCUT2D eigenvalue weighted by atomic mass is 16.3. The van der Waals surface area contributed by atoms with E-state index >= 15 is 0 Å².